The Morgan fingerprint density at radius 3 is 2.53 bits per heavy atom. The summed E-state index contributed by atoms with van der Waals surface area (Å²) >= 11 is 5.69. The summed E-state index contributed by atoms with van der Waals surface area (Å²) in [5.74, 6) is 0.794. The molecule has 0 saturated carbocycles. The van der Waals surface area contributed by atoms with Crippen LogP contribution in [-0.2, 0) is 9.84 Å². The second-order valence-corrected chi connectivity index (χ2v) is 8.20. The molecule has 0 aromatic carbocycles. The van der Waals surface area contributed by atoms with E-state index < -0.39 is 14.6 Å². The van der Waals surface area contributed by atoms with Crippen LogP contribution in [0.3, 0.4) is 0 Å². The quantitative estimate of drug-likeness (QED) is 0.416. The van der Waals surface area contributed by atoms with Gasteiger partial charge in [-0.2, -0.15) is 0 Å². The molecule has 0 aromatic rings. The van der Waals surface area contributed by atoms with E-state index in [9.17, 15) is 8.42 Å². The Morgan fingerprint density at radius 1 is 1.53 bits per heavy atom. The van der Waals surface area contributed by atoms with Gasteiger partial charge in [0.1, 0.15) is 0 Å². The molecule has 1 rings (SSSR count). The summed E-state index contributed by atoms with van der Waals surface area (Å²) in [6.07, 6.45) is 0. The fraction of sp³-hybridized carbons (Fsp3) is 0.727. The lowest BCUT2D eigenvalue weighted by Gasteiger charge is -2.39. The molecule has 0 unspecified atom stereocenters. The van der Waals surface area contributed by atoms with Crippen LogP contribution in [0.5, 0.6) is 0 Å². The number of hydrogen-bond donors (Lipinski definition) is 1. The zero-order valence-corrected chi connectivity index (χ0v) is 15.3. The third-order valence-electron chi connectivity index (χ3n) is 2.99. The van der Waals surface area contributed by atoms with Crippen LogP contribution >= 0.6 is 35.6 Å². The summed E-state index contributed by atoms with van der Waals surface area (Å²) in [5, 5.41) is 3.54. The summed E-state index contributed by atoms with van der Waals surface area (Å²) in [6, 6.07) is 0. The summed E-state index contributed by atoms with van der Waals surface area (Å²) in [7, 11) is -1.37. The highest BCUT2D eigenvalue weighted by atomic mass is 127. The first-order chi connectivity index (χ1) is 8.19. The van der Waals surface area contributed by atoms with Crippen molar-refractivity contribution in [3.8, 4) is 0 Å². The van der Waals surface area contributed by atoms with E-state index in [1.165, 1.54) is 0 Å². The largest absolute Gasteiger partial charge is 0.351 e. The fourth-order valence-electron chi connectivity index (χ4n) is 1.83. The van der Waals surface area contributed by atoms with Crippen LogP contribution in [0, 0.1) is 0 Å². The lowest BCUT2D eigenvalue weighted by Crippen LogP contribution is -2.57. The number of guanidine groups is 1. The molecule has 0 aromatic heterocycles. The van der Waals surface area contributed by atoms with Crippen molar-refractivity contribution >= 4 is 51.4 Å². The number of hydrogen-bond acceptors (Lipinski definition) is 3. The predicted octanol–water partition coefficient (Wildman–Crippen LogP) is 1.44. The molecule has 1 saturated heterocycles. The van der Waals surface area contributed by atoms with Crippen molar-refractivity contribution in [2.75, 3.05) is 32.4 Å². The highest BCUT2D eigenvalue weighted by Crippen LogP contribution is 2.23. The van der Waals surface area contributed by atoms with E-state index in [0.717, 1.165) is 0 Å². The highest BCUT2D eigenvalue weighted by Gasteiger charge is 2.40. The molecule has 112 valence electrons. The van der Waals surface area contributed by atoms with Crippen LogP contribution in [0.2, 0.25) is 0 Å². The average Bonchev–Trinajstić information content (AvgIpc) is 2.23. The van der Waals surface area contributed by atoms with Crippen molar-refractivity contribution in [1.82, 2.24) is 10.2 Å². The van der Waals surface area contributed by atoms with E-state index in [4.69, 9.17) is 11.6 Å². The van der Waals surface area contributed by atoms with Crippen LogP contribution < -0.4 is 5.32 Å². The third-order valence-corrected chi connectivity index (χ3v) is 5.66. The molecule has 5 nitrogen and oxygen atoms in total. The van der Waals surface area contributed by atoms with E-state index in [-0.39, 0.29) is 29.7 Å². The van der Waals surface area contributed by atoms with Gasteiger partial charge in [-0.3, -0.25) is 4.99 Å². The first-order valence-corrected chi connectivity index (χ1v) is 7.74. The van der Waals surface area contributed by atoms with Gasteiger partial charge in [0.2, 0.25) is 0 Å². The maximum Gasteiger partial charge on any atom is 0.194 e. The Labute approximate surface area is 137 Å². The minimum atomic E-state index is -3.03. The molecule has 1 aliphatic rings. The second kappa shape index (κ2) is 7.12. The molecule has 0 spiro atoms. The van der Waals surface area contributed by atoms with Gasteiger partial charge in [-0.05, 0) is 13.8 Å². The Hall–Kier alpha value is -0.0200. The molecule has 1 heterocycles. The molecule has 1 fully saturated rings. The molecular formula is C11H21ClIN3O2S. The molecule has 19 heavy (non-hydrogen) atoms. The maximum atomic E-state index is 11.9. The van der Waals surface area contributed by atoms with E-state index >= 15 is 0 Å². The monoisotopic (exact) mass is 421 g/mol. The summed E-state index contributed by atoms with van der Waals surface area (Å²) in [5.41, 5.74) is 0. The SMILES string of the molecule is C=C(Cl)CNC(=NC)N1CCS(=O)(=O)C(C)(C)C1.I. The van der Waals surface area contributed by atoms with Gasteiger partial charge >= 0.3 is 0 Å². The standard InChI is InChI=1S/C11H20ClN3O2S.HI/c1-9(12)7-14-10(13-4)15-5-6-18(16,17)11(2,3)8-15;/h1,5-8H2,2-4H3,(H,13,14);1H. The second-order valence-electron chi connectivity index (χ2n) is 4.92. The van der Waals surface area contributed by atoms with Gasteiger partial charge in [-0.25, -0.2) is 8.42 Å². The molecule has 0 atom stereocenters. The Morgan fingerprint density at radius 2 is 2.11 bits per heavy atom. The topological polar surface area (TPSA) is 61.8 Å². The smallest absolute Gasteiger partial charge is 0.194 e. The number of halogens is 2. The van der Waals surface area contributed by atoms with Crippen LogP contribution in [0.15, 0.2) is 16.6 Å². The number of rotatable bonds is 2. The first kappa shape index (κ1) is 19.0. The number of aliphatic imine (C=N–C) groups is 1. The van der Waals surface area contributed by atoms with E-state index in [1.807, 2.05) is 4.90 Å². The van der Waals surface area contributed by atoms with Gasteiger partial charge < -0.3 is 10.2 Å². The lowest BCUT2D eigenvalue weighted by atomic mass is 10.2. The third kappa shape index (κ3) is 4.78. The molecular weight excluding hydrogens is 401 g/mol. The molecule has 0 aliphatic carbocycles. The fourth-order valence-corrected chi connectivity index (χ4v) is 3.26. The summed E-state index contributed by atoms with van der Waals surface area (Å²) in [4.78, 5) is 6.07. The van der Waals surface area contributed by atoms with Crippen LogP contribution in [-0.4, -0.2) is 56.5 Å². The normalized spacial score (nSPS) is 21.5. The Balaban J connectivity index is 0.00000324. The predicted molar refractivity (Wildman–Crippen MR) is 91.2 cm³/mol. The van der Waals surface area contributed by atoms with Crippen molar-refractivity contribution < 1.29 is 8.42 Å². The van der Waals surface area contributed by atoms with Gasteiger partial charge in [0.05, 0.1) is 17.0 Å². The Bertz CT molecular complexity index is 463. The van der Waals surface area contributed by atoms with Crippen molar-refractivity contribution in [1.29, 1.82) is 0 Å². The minimum absolute atomic E-state index is 0. The van der Waals surface area contributed by atoms with Crippen molar-refractivity contribution in [3.05, 3.63) is 11.6 Å². The number of nitrogens with one attached hydrogen (secondary N) is 1. The first-order valence-electron chi connectivity index (χ1n) is 5.71. The van der Waals surface area contributed by atoms with Gasteiger partial charge in [0.25, 0.3) is 0 Å². The lowest BCUT2D eigenvalue weighted by molar-refractivity contribution is 0.354. The van der Waals surface area contributed by atoms with Crippen LogP contribution in [0.25, 0.3) is 0 Å². The van der Waals surface area contributed by atoms with Crippen molar-refractivity contribution in [2.24, 2.45) is 4.99 Å². The minimum Gasteiger partial charge on any atom is -0.351 e. The zero-order chi connectivity index (χ0) is 14.0. The Kier molecular flexibility index (Phi) is 7.11. The molecule has 0 amide bonds. The molecule has 1 aliphatic heterocycles. The molecule has 8 heteroatoms. The van der Waals surface area contributed by atoms with Crippen molar-refractivity contribution in [3.63, 3.8) is 0 Å². The van der Waals surface area contributed by atoms with Gasteiger partial charge in [0, 0.05) is 25.2 Å². The van der Waals surface area contributed by atoms with E-state index in [0.29, 0.717) is 30.6 Å². The van der Waals surface area contributed by atoms with E-state index in [1.54, 1.807) is 20.9 Å². The highest BCUT2D eigenvalue weighted by molar-refractivity contribution is 14.0. The molecule has 0 bridgehead atoms. The average molecular weight is 422 g/mol. The summed E-state index contributed by atoms with van der Waals surface area (Å²) in [6.45, 7) is 8.35. The number of nitrogens with zero attached hydrogens (tertiary/aromatic N) is 2. The van der Waals surface area contributed by atoms with Crippen LogP contribution in [0.1, 0.15) is 13.8 Å². The van der Waals surface area contributed by atoms with E-state index in [2.05, 4.69) is 16.9 Å². The van der Waals surface area contributed by atoms with Gasteiger partial charge in [0.15, 0.2) is 15.8 Å². The van der Waals surface area contributed by atoms with Gasteiger partial charge in [-0.15, -0.1) is 24.0 Å². The zero-order valence-electron chi connectivity index (χ0n) is 11.4. The molecule has 0 radical (unpaired) electrons. The van der Waals surface area contributed by atoms with Crippen LogP contribution in [0.4, 0.5) is 0 Å². The summed E-state index contributed by atoms with van der Waals surface area (Å²) < 4.78 is 23.0. The number of sulfone groups is 1. The maximum absolute atomic E-state index is 11.9. The molecule has 1 N–H and O–H groups in total. The van der Waals surface area contributed by atoms with Crippen molar-refractivity contribution in [2.45, 2.75) is 18.6 Å². The van der Waals surface area contributed by atoms with Gasteiger partial charge in [-0.1, -0.05) is 18.2 Å².